The molecule has 2 amide bonds. The standard InChI is InChI=1S/C20H19BrN4O3/c1-2-22-19(26)13-28-18-9-5-16(6-10-18)24-20(27)14-11-23-25(12-14)17-7-3-15(21)4-8-17/h3-12H,2,13H2,1H3,(H,22,26)(H,24,27). The fourth-order valence-electron chi connectivity index (χ4n) is 2.41. The van der Waals surface area contributed by atoms with Crippen molar-refractivity contribution in [3.63, 3.8) is 0 Å². The molecule has 0 bridgehead atoms. The first-order valence-corrected chi connectivity index (χ1v) is 9.46. The SMILES string of the molecule is CCNC(=O)COc1ccc(NC(=O)c2cnn(-c3ccc(Br)cc3)c2)cc1. The molecule has 1 heterocycles. The summed E-state index contributed by atoms with van der Waals surface area (Å²) in [6, 6.07) is 14.4. The van der Waals surface area contributed by atoms with Crippen LogP contribution in [0.4, 0.5) is 5.69 Å². The first-order chi connectivity index (χ1) is 13.5. The lowest BCUT2D eigenvalue weighted by Gasteiger charge is -2.08. The van der Waals surface area contributed by atoms with Gasteiger partial charge in [-0.05, 0) is 55.5 Å². The minimum Gasteiger partial charge on any atom is -0.484 e. The van der Waals surface area contributed by atoms with Gasteiger partial charge in [-0.15, -0.1) is 0 Å². The van der Waals surface area contributed by atoms with Crippen molar-refractivity contribution in [2.45, 2.75) is 6.92 Å². The fraction of sp³-hybridized carbons (Fsp3) is 0.150. The van der Waals surface area contributed by atoms with Crippen LogP contribution in [0.3, 0.4) is 0 Å². The van der Waals surface area contributed by atoms with Crippen LogP contribution >= 0.6 is 15.9 Å². The summed E-state index contributed by atoms with van der Waals surface area (Å²) in [7, 11) is 0. The molecule has 144 valence electrons. The molecule has 3 aromatic rings. The zero-order chi connectivity index (χ0) is 19.9. The number of hydrogen-bond donors (Lipinski definition) is 2. The van der Waals surface area contributed by atoms with Crippen molar-refractivity contribution in [1.82, 2.24) is 15.1 Å². The number of anilines is 1. The molecule has 28 heavy (non-hydrogen) atoms. The number of nitrogens with zero attached hydrogens (tertiary/aromatic N) is 2. The molecular formula is C20H19BrN4O3. The molecule has 0 unspecified atom stereocenters. The Morgan fingerprint density at radius 3 is 2.50 bits per heavy atom. The minimum absolute atomic E-state index is 0.0468. The number of rotatable bonds is 7. The van der Waals surface area contributed by atoms with Gasteiger partial charge in [0, 0.05) is 22.9 Å². The Labute approximate surface area is 170 Å². The second kappa shape index (κ2) is 9.18. The lowest BCUT2D eigenvalue weighted by atomic mass is 10.2. The van der Waals surface area contributed by atoms with Gasteiger partial charge in [-0.1, -0.05) is 15.9 Å². The number of amides is 2. The molecule has 0 aliphatic carbocycles. The molecule has 1 aromatic heterocycles. The monoisotopic (exact) mass is 442 g/mol. The Kier molecular flexibility index (Phi) is 6.44. The van der Waals surface area contributed by atoms with Crippen LogP contribution in [0.15, 0.2) is 65.4 Å². The second-order valence-electron chi connectivity index (χ2n) is 5.87. The van der Waals surface area contributed by atoms with Crippen molar-refractivity contribution in [3.8, 4) is 11.4 Å². The van der Waals surface area contributed by atoms with Crippen LogP contribution in [0.25, 0.3) is 5.69 Å². The van der Waals surface area contributed by atoms with E-state index in [1.165, 1.54) is 6.20 Å². The maximum Gasteiger partial charge on any atom is 0.258 e. The van der Waals surface area contributed by atoms with Gasteiger partial charge in [0.2, 0.25) is 0 Å². The average Bonchev–Trinajstić information content (AvgIpc) is 3.19. The van der Waals surface area contributed by atoms with Crippen molar-refractivity contribution in [2.75, 3.05) is 18.5 Å². The molecular weight excluding hydrogens is 424 g/mol. The third kappa shape index (κ3) is 5.20. The Morgan fingerprint density at radius 2 is 1.82 bits per heavy atom. The van der Waals surface area contributed by atoms with Gasteiger partial charge in [0.05, 0.1) is 17.4 Å². The van der Waals surface area contributed by atoms with E-state index in [1.807, 2.05) is 31.2 Å². The third-order valence-corrected chi connectivity index (χ3v) is 4.32. The molecule has 0 fully saturated rings. The zero-order valence-electron chi connectivity index (χ0n) is 15.2. The maximum absolute atomic E-state index is 12.4. The summed E-state index contributed by atoms with van der Waals surface area (Å²) in [5.41, 5.74) is 1.92. The van der Waals surface area contributed by atoms with Crippen molar-refractivity contribution in [2.24, 2.45) is 0 Å². The topological polar surface area (TPSA) is 85.2 Å². The number of hydrogen-bond acceptors (Lipinski definition) is 4. The van der Waals surface area contributed by atoms with Crippen molar-refractivity contribution >= 4 is 33.4 Å². The smallest absolute Gasteiger partial charge is 0.258 e. The van der Waals surface area contributed by atoms with E-state index in [9.17, 15) is 9.59 Å². The molecule has 0 aliphatic rings. The minimum atomic E-state index is -0.264. The summed E-state index contributed by atoms with van der Waals surface area (Å²) in [6.45, 7) is 2.36. The van der Waals surface area contributed by atoms with Crippen LogP contribution in [0, 0.1) is 0 Å². The van der Waals surface area contributed by atoms with Crippen LogP contribution in [0.2, 0.25) is 0 Å². The molecule has 0 saturated heterocycles. The van der Waals surface area contributed by atoms with Crippen LogP contribution in [-0.2, 0) is 4.79 Å². The molecule has 7 nitrogen and oxygen atoms in total. The zero-order valence-corrected chi connectivity index (χ0v) is 16.8. The Balaban J connectivity index is 1.59. The predicted octanol–water partition coefficient (Wildman–Crippen LogP) is 3.40. The summed E-state index contributed by atoms with van der Waals surface area (Å²) in [6.07, 6.45) is 3.18. The molecule has 0 saturated carbocycles. The third-order valence-electron chi connectivity index (χ3n) is 3.79. The summed E-state index contributed by atoms with van der Waals surface area (Å²) in [4.78, 5) is 23.8. The van der Waals surface area contributed by atoms with Crippen LogP contribution in [0.1, 0.15) is 17.3 Å². The van der Waals surface area contributed by atoms with E-state index in [2.05, 4.69) is 31.7 Å². The van der Waals surface area contributed by atoms with Crippen LogP contribution in [0.5, 0.6) is 5.75 Å². The number of benzene rings is 2. The van der Waals surface area contributed by atoms with Gasteiger partial charge in [-0.25, -0.2) is 4.68 Å². The molecule has 3 rings (SSSR count). The molecule has 0 radical (unpaired) electrons. The molecule has 2 N–H and O–H groups in total. The van der Waals surface area contributed by atoms with Crippen LogP contribution < -0.4 is 15.4 Å². The summed E-state index contributed by atoms with van der Waals surface area (Å²) >= 11 is 3.39. The highest BCUT2D eigenvalue weighted by Gasteiger charge is 2.10. The Hall–Kier alpha value is -3.13. The van der Waals surface area contributed by atoms with Gasteiger partial charge in [0.25, 0.3) is 11.8 Å². The Morgan fingerprint density at radius 1 is 1.11 bits per heavy atom. The number of carbonyl (C=O) groups is 2. The van der Waals surface area contributed by atoms with Gasteiger partial charge in [-0.3, -0.25) is 9.59 Å². The highest BCUT2D eigenvalue weighted by atomic mass is 79.9. The lowest BCUT2D eigenvalue weighted by Crippen LogP contribution is -2.28. The molecule has 0 atom stereocenters. The van der Waals surface area contributed by atoms with E-state index in [4.69, 9.17) is 4.74 Å². The fourth-order valence-corrected chi connectivity index (χ4v) is 2.67. The van der Waals surface area contributed by atoms with E-state index in [0.29, 0.717) is 23.5 Å². The summed E-state index contributed by atoms with van der Waals surface area (Å²) in [5, 5.41) is 9.70. The predicted molar refractivity (Wildman–Crippen MR) is 110 cm³/mol. The first-order valence-electron chi connectivity index (χ1n) is 8.66. The number of halogens is 1. The number of aromatic nitrogens is 2. The molecule has 8 heteroatoms. The van der Waals surface area contributed by atoms with Gasteiger partial charge in [0.15, 0.2) is 6.61 Å². The Bertz CT molecular complexity index is 952. The van der Waals surface area contributed by atoms with Crippen LogP contribution in [-0.4, -0.2) is 34.7 Å². The lowest BCUT2D eigenvalue weighted by molar-refractivity contribution is -0.122. The number of likely N-dealkylation sites (N-methyl/N-ethyl adjacent to an activating group) is 1. The largest absolute Gasteiger partial charge is 0.484 e. The molecule has 0 spiro atoms. The highest BCUT2D eigenvalue weighted by Crippen LogP contribution is 2.17. The van der Waals surface area contributed by atoms with Gasteiger partial charge < -0.3 is 15.4 Å². The van der Waals surface area contributed by atoms with Gasteiger partial charge >= 0.3 is 0 Å². The number of nitrogens with one attached hydrogen (secondary N) is 2. The van der Waals surface area contributed by atoms with Crippen molar-refractivity contribution in [3.05, 3.63) is 71.0 Å². The van der Waals surface area contributed by atoms with Gasteiger partial charge in [-0.2, -0.15) is 5.10 Å². The average molecular weight is 443 g/mol. The second-order valence-corrected chi connectivity index (χ2v) is 6.79. The van der Waals surface area contributed by atoms with Crippen molar-refractivity contribution in [1.29, 1.82) is 0 Å². The van der Waals surface area contributed by atoms with Crippen molar-refractivity contribution < 1.29 is 14.3 Å². The summed E-state index contributed by atoms with van der Waals surface area (Å²) in [5.74, 6) is 0.106. The maximum atomic E-state index is 12.4. The molecule has 0 aliphatic heterocycles. The number of ether oxygens (including phenoxy) is 1. The summed E-state index contributed by atoms with van der Waals surface area (Å²) < 4.78 is 7.99. The quantitative estimate of drug-likeness (QED) is 0.586. The number of carbonyl (C=O) groups excluding carboxylic acids is 2. The highest BCUT2D eigenvalue weighted by molar-refractivity contribution is 9.10. The molecule has 2 aromatic carbocycles. The van der Waals surface area contributed by atoms with E-state index < -0.39 is 0 Å². The van der Waals surface area contributed by atoms with E-state index in [-0.39, 0.29) is 18.4 Å². The van der Waals surface area contributed by atoms with E-state index in [0.717, 1.165) is 10.2 Å². The van der Waals surface area contributed by atoms with E-state index >= 15 is 0 Å². The normalized spacial score (nSPS) is 10.4. The first kappa shape index (κ1) is 19.6. The van der Waals surface area contributed by atoms with Gasteiger partial charge in [0.1, 0.15) is 5.75 Å². The van der Waals surface area contributed by atoms with E-state index in [1.54, 1.807) is 35.1 Å².